The first-order chi connectivity index (χ1) is 15.6. The number of hydrogen-bond acceptors (Lipinski definition) is 9. The number of nitro groups is 2. The van der Waals surface area contributed by atoms with E-state index in [0.717, 1.165) is 19.2 Å². The number of nitrogens with one attached hydrogen (secondary N) is 1. The molecule has 1 heterocycles. The van der Waals surface area contributed by atoms with Crippen molar-refractivity contribution in [2.45, 2.75) is 6.92 Å². The van der Waals surface area contributed by atoms with Gasteiger partial charge in [0, 0.05) is 17.7 Å². The van der Waals surface area contributed by atoms with Gasteiger partial charge >= 0.3 is 5.97 Å². The number of nitro benzene ring substituents is 2. The monoisotopic (exact) mass is 494 g/mol. The Balaban J connectivity index is 2.10. The smallest absolute Gasteiger partial charge is 0.345 e. The van der Waals surface area contributed by atoms with Gasteiger partial charge < -0.3 is 9.26 Å². The van der Waals surface area contributed by atoms with Crippen molar-refractivity contribution in [2.24, 2.45) is 0 Å². The molecular formula is C19H12Cl2N4O8. The van der Waals surface area contributed by atoms with Crippen molar-refractivity contribution in [1.82, 2.24) is 5.16 Å². The third kappa shape index (κ3) is 4.47. The average Bonchev–Trinajstić information content (AvgIpc) is 3.15. The van der Waals surface area contributed by atoms with Gasteiger partial charge in [-0.1, -0.05) is 34.4 Å². The van der Waals surface area contributed by atoms with Gasteiger partial charge in [0.25, 0.3) is 17.3 Å². The lowest BCUT2D eigenvalue weighted by Crippen LogP contribution is -2.15. The molecule has 1 N–H and O–H groups in total. The molecule has 1 aromatic heterocycles. The molecule has 0 aliphatic carbocycles. The number of esters is 1. The van der Waals surface area contributed by atoms with E-state index in [1.807, 2.05) is 0 Å². The SMILES string of the molecule is COC(=O)c1c(-c2c(Cl)cccc2Cl)noc1NC(=O)c1cc([N+](=O)[O-])c(C)c([N+](=O)[O-])c1. The summed E-state index contributed by atoms with van der Waals surface area (Å²) in [6, 6.07) is 6.25. The number of hydrogen-bond donors (Lipinski definition) is 1. The van der Waals surface area contributed by atoms with Crippen LogP contribution < -0.4 is 5.32 Å². The van der Waals surface area contributed by atoms with Crippen LogP contribution in [-0.4, -0.2) is 34.0 Å². The van der Waals surface area contributed by atoms with Gasteiger partial charge in [-0.25, -0.2) is 4.79 Å². The number of amides is 1. The van der Waals surface area contributed by atoms with E-state index in [1.54, 1.807) is 6.07 Å². The summed E-state index contributed by atoms with van der Waals surface area (Å²) in [5, 5.41) is 28.8. The maximum Gasteiger partial charge on any atom is 0.345 e. The van der Waals surface area contributed by atoms with Crippen molar-refractivity contribution >= 4 is 52.3 Å². The van der Waals surface area contributed by atoms with Crippen molar-refractivity contribution in [1.29, 1.82) is 0 Å². The fraction of sp³-hybridized carbons (Fsp3) is 0.105. The van der Waals surface area contributed by atoms with Gasteiger partial charge in [-0.15, -0.1) is 0 Å². The highest BCUT2D eigenvalue weighted by Crippen LogP contribution is 2.39. The van der Waals surface area contributed by atoms with Crippen LogP contribution in [0.25, 0.3) is 11.3 Å². The highest BCUT2D eigenvalue weighted by atomic mass is 35.5. The summed E-state index contributed by atoms with van der Waals surface area (Å²) in [6.45, 7) is 1.18. The summed E-state index contributed by atoms with van der Waals surface area (Å²) in [6.07, 6.45) is 0. The van der Waals surface area contributed by atoms with Crippen LogP contribution in [0.1, 0.15) is 26.3 Å². The van der Waals surface area contributed by atoms with E-state index in [2.05, 4.69) is 10.5 Å². The molecule has 170 valence electrons. The Labute approximate surface area is 194 Å². The third-order valence-corrected chi connectivity index (χ3v) is 5.15. The summed E-state index contributed by atoms with van der Waals surface area (Å²) in [7, 11) is 1.08. The molecule has 0 unspecified atom stereocenters. The number of carbonyl (C=O) groups excluding carboxylic acids is 2. The van der Waals surface area contributed by atoms with E-state index in [0.29, 0.717) is 0 Å². The highest BCUT2D eigenvalue weighted by Gasteiger charge is 2.30. The van der Waals surface area contributed by atoms with Crippen molar-refractivity contribution < 1.29 is 28.7 Å². The second-order valence-corrected chi connectivity index (χ2v) is 7.25. The quantitative estimate of drug-likeness (QED) is 0.287. The van der Waals surface area contributed by atoms with Crippen molar-refractivity contribution in [3.63, 3.8) is 0 Å². The fourth-order valence-corrected chi connectivity index (χ4v) is 3.51. The van der Waals surface area contributed by atoms with E-state index < -0.39 is 44.5 Å². The Hall–Kier alpha value is -4.03. The van der Waals surface area contributed by atoms with Crippen molar-refractivity contribution in [3.05, 3.63) is 77.3 Å². The Bertz CT molecular complexity index is 1270. The Kier molecular flexibility index (Phi) is 6.60. The van der Waals surface area contributed by atoms with Gasteiger partial charge in [-0.3, -0.25) is 30.3 Å². The molecule has 12 nitrogen and oxygen atoms in total. The number of aromatic nitrogens is 1. The molecule has 0 atom stereocenters. The first-order valence-electron chi connectivity index (χ1n) is 8.84. The number of nitrogens with zero attached hydrogens (tertiary/aromatic N) is 3. The van der Waals surface area contributed by atoms with Crippen LogP contribution in [0.15, 0.2) is 34.9 Å². The first-order valence-corrected chi connectivity index (χ1v) is 9.59. The summed E-state index contributed by atoms with van der Waals surface area (Å²) in [5.74, 6) is -2.48. The zero-order valence-electron chi connectivity index (χ0n) is 16.8. The molecule has 3 rings (SSSR count). The van der Waals surface area contributed by atoms with Crippen LogP contribution in [0.2, 0.25) is 10.0 Å². The topological polar surface area (TPSA) is 168 Å². The number of rotatable bonds is 6. The first kappa shape index (κ1) is 23.6. The molecule has 0 fully saturated rings. The van der Waals surface area contributed by atoms with Crippen LogP contribution in [-0.2, 0) is 4.74 Å². The predicted octanol–water partition coefficient (Wildman–Crippen LogP) is 4.81. The number of anilines is 1. The summed E-state index contributed by atoms with van der Waals surface area (Å²) >= 11 is 12.3. The molecule has 1 amide bonds. The lowest BCUT2D eigenvalue weighted by atomic mass is 10.1. The zero-order chi connectivity index (χ0) is 24.4. The molecular weight excluding hydrogens is 483 g/mol. The van der Waals surface area contributed by atoms with Crippen LogP contribution in [0.4, 0.5) is 17.3 Å². The van der Waals surface area contributed by atoms with Gasteiger partial charge in [0.1, 0.15) is 11.3 Å². The standard InChI is InChI=1S/C19H12Cl2N4O8/c1-8-12(24(28)29)6-9(7-13(8)25(30)31)17(26)22-18-15(19(27)32-2)16(23-33-18)14-10(20)4-3-5-11(14)21/h3-7H,1-2H3,(H,22,26). The number of ether oxygens (including phenoxy) is 1. The average molecular weight is 495 g/mol. The second kappa shape index (κ2) is 9.22. The number of carbonyl (C=O) groups is 2. The van der Waals surface area contributed by atoms with Gasteiger partial charge in [-0.05, 0) is 19.1 Å². The molecule has 14 heteroatoms. The fourth-order valence-electron chi connectivity index (χ4n) is 2.93. The molecule has 0 saturated carbocycles. The van der Waals surface area contributed by atoms with Crippen molar-refractivity contribution in [2.75, 3.05) is 12.4 Å². The minimum atomic E-state index is -1.04. The molecule has 2 aromatic carbocycles. The molecule has 0 spiro atoms. The lowest BCUT2D eigenvalue weighted by Gasteiger charge is -2.07. The Morgan fingerprint density at radius 2 is 1.64 bits per heavy atom. The maximum atomic E-state index is 12.8. The van der Waals surface area contributed by atoms with Gasteiger partial charge in [0.2, 0.25) is 5.88 Å². The van der Waals surface area contributed by atoms with E-state index in [1.165, 1.54) is 19.1 Å². The van der Waals surface area contributed by atoms with E-state index >= 15 is 0 Å². The maximum absolute atomic E-state index is 12.8. The van der Waals surface area contributed by atoms with E-state index in [4.69, 9.17) is 32.5 Å². The van der Waals surface area contributed by atoms with Crippen LogP contribution in [0.3, 0.4) is 0 Å². The molecule has 3 aromatic rings. The van der Waals surface area contributed by atoms with E-state index in [-0.39, 0.29) is 32.4 Å². The zero-order valence-corrected chi connectivity index (χ0v) is 18.3. The summed E-state index contributed by atoms with van der Waals surface area (Å²) < 4.78 is 9.81. The largest absolute Gasteiger partial charge is 0.465 e. The predicted molar refractivity (Wildman–Crippen MR) is 116 cm³/mol. The van der Waals surface area contributed by atoms with E-state index in [9.17, 15) is 29.8 Å². The highest BCUT2D eigenvalue weighted by molar-refractivity contribution is 6.39. The minimum Gasteiger partial charge on any atom is -0.465 e. The van der Waals surface area contributed by atoms with Gasteiger partial charge in [0.15, 0.2) is 5.56 Å². The Morgan fingerprint density at radius 1 is 1.09 bits per heavy atom. The lowest BCUT2D eigenvalue weighted by molar-refractivity contribution is -0.395. The normalized spacial score (nSPS) is 10.5. The second-order valence-electron chi connectivity index (χ2n) is 6.43. The molecule has 0 bridgehead atoms. The third-order valence-electron chi connectivity index (χ3n) is 4.52. The Morgan fingerprint density at radius 3 is 2.12 bits per heavy atom. The van der Waals surface area contributed by atoms with Crippen LogP contribution >= 0.6 is 23.2 Å². The molecule has 0 aliphatic heterocycles. The number of halogens is 2. The minimum absolute atomic E-state index is 0.128. The number of methoxy groups -OCH3 is 1. The van der Waals surface area contributed by atoms with Crippen LogP contribution in [0.5, 0.6) is 0 Å². The molecule has 0 radical (unpaired) electrons. The van der Waals surface area contributed by atoms with Crippen molar-refractivity contribution in [3.8, 4) is 11.3 Å². The molecule has 0 saturated heterocycles. The van der Waals surface area contributed by atoms with Crippen LogP contribution in [0, 0.1) is 27.2 Å². The molecule has 0 aliphatic rings. The number of benzene rings is 2. The molecule has 33 heavy (non-hydrogen) atoms. The van der Waals surface area contributed by atoms with Gasteiger partial charge in [0.05, 0.1) is 32.6 Å². The summed E-state index contributed by atoms with van der Waals surface area (Å²) in [5.41, 5.74) is -2.26. The summed E-state index contributed by atoms with van der Waals surface area (Å²) in [4.78, 5) is 46.0. The van der Waals surface area contributed by atoms with Gasteiger partial charge in [-0.2, -0.15) is 0 Å².